The first-order valence-corrected chi connectivity index (χ1v) is 9.38. The summed E-state index contributed by atoms with van der Waals surface area (Å²) in [6, 6.07) is 7.01. The van der Waals surface area contributed by atoms with Crippen LogP contribution in [0.25, 0.3) is 10.9 Å². The summed E-state index contributed by atoms with van der Waals surface area (Å²) in [5.74, 6) is 0. The summed E-state index contributed by atoms with van der Waals surface area (Å²) in [6.45, 7) is 4.67. The van der Waals surface area contributed by atoms with Gasteiger partial charge < -0.3 is 24.8 Å². The normalized spacial score (nSPS) is 16.8. The van der Waals surface area contributed by atoms with E-state index in [1.54, 1.807) is 17.0 Å². The number of likely N-dealkylation sites (N-methyl/N-ethyl adjacent to an activating group) is 1. The van der Waals surface area contributed by atoms with Gasteiger partial charge in [0.1, 0.15) is 0 Å². The van der Waals surface area contributed by atoms with Crippen LogP contribution in [-0.4, -0.2) is 67.3 Å². The predicted octanol–water partition coefficient (Wildman–Crippen LogP) is 2.41. The lowest BCUT2D eigenvalue weighted by atomic mass is 10.1. The number of H-pyrrole nitrogens is 1. The molecule has 1 unspecified atom stereocenters. The number of aromatic nitrogens is 1. The molecule has 0 saturated carbocycles. The van der Waals surface area contributed by atoms with Gasteiger partial charge in [0.05, 0.1) is 11.6 Å². The second kappa shape index (κ2) is 8.54. The van der Waals surface area contributed by atoms with Crippen LogP contribution in [0.1, 0.15) is 18.4 Å². The van der Waals surface area contributed by atoms with E-state index in [4.69, 9.17) is 4.74 Å². The van der Waals surface area contributed by atoms with Crippen LogP contribution in [-0.2, 0) is 4.74 Å². The minimum atomic E-state index is -0.151. The molecule has 0 aliphatic carbocycles. The molecule has 2 aromatic rings. The highest BCUT2D eigenvalue weighted by atomic mass is 16.5. The van der Waals surface area contributed by atoms with Crippen LogP contribution in [0.3, 0.4) is 0 Å². The summed E-state index contributed by atoms with van der Waals surface area (Å²) in [5, 5.41) is 3.93. The number of hydrogen-bond donors (Lipinski definition) is 2. The Morgan fingerprint density at radius 1 is 1.30 bits per heavy atom. The summed E-state index contributed by atoms with van der Waals surface area (Å²) in [6.07, 6.45) is 2.14. The molecule has 1 aliphatic heterocycles. The van der Waals surface area contributed by atoms with Crippen LogP contribution in [0.5, 0.6) is 0 Å². The third-order valence-electron chi connectivity index (χ3n) is 4.85. The molecule has 7 nitrogen and oxygen atoms in total. The molecule has 0 radical (unpaired) electrons. The number of rotatable bonds is 6. The summed E-state index contributed by atoms with van der Waals surface area (Å²) in [5.41, 5.74) is 2.15. The van der Waals surface area contributed by atoms with Crippen molar-refractivity contribution < 1.29 is 9.53 Å². The van der Waals surface area contributed by atoms with Crippen molar-refractivity contribution in [2.24, 2.45) is 0 Å². The third kappa shape index (κ3) is 5.08. The molecule has 0 bridgehead atoms. The van der Waals surface area contributed by atoms with Gasteiger partial charge in [0, 0.05) is 43.4 Å². The van der Waals surface area contributed by atoms with E-state index in [1.165, 1.54) is 0 Å². The molecule has 1 aliphatic rings. The van der Waals surface area contributed by atoms with Crippen LogP contribution >= 0.6 is 0 Å². The van der Waals surface area contributed by atoms with Gasteiger partial charge in [-0.05, 0) is 51.6 Å². The standard InChI is InChI=1S/C20H28N4O3/c1-14-11-19(25)22-18-12-15(6-7-17(14)18)21-20(26)24(9-8-23(2)3)13-16-5-4-10-27-16/h6-7,11-12,16H,4-5,8-10,13H2,1-3H3,(H,21,26)(H,22,25). The second-order valence-corrected chi connectivity index (χ2v) is 7.39. The number of carbonyl (C=O) groups excluding carboxylic acids is 1. The fourth-order valence-electron chi connectivity index (χ4n) is 3.35. The van der Waals surface area contributed by atoms with Gasteiger partial charge in [-0.3, -0.25) is 4.79 Å². The number of nitrogens with zero attached hydrogens (tertiary/aromatic N) is 2. The van der Waals surface area contributed by atoms with Crippen molar-refractivity contribution in [3.05, 3.63) is 40.2 Å². The molecule has 1 fully saturated rings. The number of urea groups is 1. The number of fused-ring (bicyclic) bond motifs is 1. The highest BCUT2D eigenvalue weighted by Gasteiger charge is 2.22. The van der Waals surface area contributed by atoms with Gasteiger partial charge in [0.15, 0.2) is 0 Å². The summed E-state index contributed by atoms with van der Waals surface area (Å²) >= 11 is 0. The minimum absolute atomic E-state index is 0.105. The lowest BCUT2D eigenvalue weighted by Gasteiger charge is -2.27. The van der Waals surface area contributed by atoms with Crippen molar-refractivity contribution >= 4 is 22.6 Å². The Morgan fingerprint density at radius 3 is 2.81 bits per heavy atom. The largest absolute Gasteiger partial charge is 0.376 e. The SMILES string of the molecule is Cc1cc(=O)[nH]c2cc(NC(=O)N(CCN(C)C)CC3CCCO3)ccc12. The maximum absolute atomic E-state index is 12.9. The van der Waals surface area contributed by atoms with Crippen molar-refractivity contribution in [3.8, 4) is 0 Å². The fraction of sp³-hybridized carbons (Fsp3) is 0.500. The Kier molecular flexibility index (Phi) is 6.13. The molecule has 27 heavy (non-hydrogen) atoms. The van der Waals surface area contributed by atoms with Gasteiger partial charge in [-0.1, -0.05) is 6.07 Å². The van der Waals surface area contributed by atoms with Gasteiger partial charge in [0.2, 0.25) is 5.56 Å². The average molecular weight is 372 g/mol. The maximum Gasteiger partial charge on any atom is 0.321 e. The molecule has 2 heterocycles. The van der Waals surface area contributed by atoms with Crippen LogP contribution in [0.2, 0.25) is 0 Å². The number of nitrogens with one attached hydrogen (secondary N) is 2. The number of aromatic amines is 1. The van der Waals surface area contributed by atoms with E-state index in [9.17, 15) is 9.59 Å². The zero-order chi connectivity index (χ0) is 19.4. The first kappa shape index (κ1) is 19.4. The number of anilines is 1. The Balaban J connectivity index is 1.75. The zero-order valence-electron chi connectivity index (χ0n) is 16.2. The number of benzene rings is 1. The van der Waals surface area contributed by atoms with Gasteiger partial charge in [0.25, 0.3) is 0 Å². The second-order valence-electron chi connectivity index (χ2n) is 7.39. The van der Waals surface area contributed by atoms with Crippen molar-refractivity contribution in [1.29, 1.82) is 0 Å². The summed E-state index contributed by atoms with van der Waals surface area (Å²) < 4.78 is 5.70. The smallest absolute Gasteiger partial charge is 0.321 e. The Morgan fingerprint density at radius 2 is 2.11 bits per heavy atom. The van der Waals surface area contributed by atoms with Gasteiger partial charge in [-0.2, -0.15) is 0 Å². The van der Waals surface area contributed by atoms with E-state index in [-0.39, 0.29) is 17.7 Å². The zero-order valence-corrected chi connectivity index (χ0v) is 16.2. The van der Waals surface area contributed by atoms with E-state index in [1.807, 2.05) is 33.2 Å². The van der Waals surface area contributed by atoms with E-state index < -0.39 is 0 Å². The maximum atomic E-state index is 12.9. The molecule has 1 aromatic heterocycles. The minimum Gasteiger partial charge on any atom is -0.376 e. The highest BCUT2D eigenvalue weighted by Crippen LogP contribution is 2.20. The molecule has 1 saturated heterocycles. The molecular formula is C20H28N4O3. The molecule has 1 atom stereocenters. The van der Waals surface area contributed by atoms with Crippen LogP contribution in [0.4, 0.5) is 10.5 Å². The first-order chi connectivity index (χ1) is 12.9. The number of amides is 2. The third-order valence-corrected chi connectivity index (χ3v) is 4.85. The Bertz CT molecular complexity index is 856. The topological polar surface area (TPSA) is 77.7 Å². The molecule has 7 heteroatoms. The monoisotopic (exact) mass is 372 g/mol. The number of aryl methyl sites for hydroxylation is 1. The predicted molar refractivity (Wildman–Crippen MR) is 107 cm³/mol. The van der Waals surface area contributed by atoms with E-state index in [0.717, 1.165) is 42.5 Å². The van der Waals surface area contributed by atoms with Crippen LogP contribution in [0, 0.1) is 6.92 Å². The number of ether oxygens (including phenoxy) is 1. The van der Waals surface area contributed by atoms with Crippen LogP contribution in [0.15, 0.2) is 29.1 Å². The summed E-state index contributed by atoms with van der Waals surface area (Å²) in [7, 11) is 3.98. The lowest BCUT2D eigenvalue weighted by molar-refractivity contribution is 0.0820. The Hall–Kier alpha value is -2.38. The van der Waals surface area contributed by atoms with Crippen molar-refractivity contribution in [1.82, 2.24) is 14.8 Å². The van der Waals surface area contributed by atoms with Crippen molar-refractivity contribution in [3.63, 3.8) is 0 Å². The van der Waals surface area contributed by atoms with Crippen LogP contribution < -0.4 is 10.9 Å². The van der Waals surface area contributed by atoms with E-state index in [0.29, 0.717) is 18.8 Å². The quantitative estimate of drug-likeness (QED) is 0.816. The average Bonchev–Trinajstić information content (AvgIpc) is 3.11. The Labute approximate surface area is 159 Å². The molecule has 2 N–H and O–H groups in total. The van der Waals surface area contributed by atoms with Crippen molar-refractivity contribution in [2.45, 2.75) is 25.9 Å². The molecule has 0 spiro atoms. The molecule has 146 valence electrons. The number of pyridine rings is 1. The van der Waals surface area contributed by atoms with E-state index >= 15 is 0 Å². The molecule has 1 aromatic carbocycles. The van der Waals surface area contributed by atoms with Gasteiger partial charge in [-0.25, -0.2) is 4.79 Å². The number of carbonyl (C=O) groups is 1. The summed E-state index contributed by atoms with van der Waals surface area (Å²) in [4.78, 5) is 31.3. The van der Waals surface area contributed by atoms with Gasteiger partial charge in [-0.15, -0.1) is 0 Å². The fourth-order valence-corrected chi connectivity index (χ4v) is 3.35. The molecule has 3 rings (SSSR count). The molecule has 2 amide bonds. The van der Waals surface area contributed by atoms with Gasteiger partial charge >= 0.3 is 6.03 Å². The van der Waals surface area contributed by atoms with E-state index in [2.05, 4.69) is 15.2 Å². The highest BCUT2D eigenvalue weighted by molar-refractivity contribution is 5.93. The van der Waals surface area contributed by atoms with Crippen molar-refractivity contribution in [2.75, 3.05) is 45.7 Å². The number of hydrogen-bond acceptors (Lipinski definition) is 4. The molecular weight excluding hydrogens is 344 g/mol. The first-order valence-electron chi connectivity index (χ1n) is 9.38. The lowest BCUT2D eigenvalue weighted by Crippen LogP contribution is -2.43.